The van der Waals surface area contributed by atoms with Gasteiger partial charge in [-0.1, -0.05) is 11.6 Å². The van der Waals surface area contributed by atoms with Crippen LogP contribution < -0.4 is 11.5 Å². The molecule has 1 aromatic rings. The van der Waals surface area contributed by atoms with Crippen LogP contribution in [-0.4, -0.2) is 47.4 Å². The standard InChI is InChI=1S/C15H23ClN4O3/c1-15(2,3)23-14(21)20-4-5-22-8-11(20)12(17)10-6-9(16)7-19-13(10)18/h6-7,11-12H,4-5,8,17H2,1-3H3,(H2,18,19). The minimum atomic E-state index is -0.583. The molecule has 0 spiro atoms. The number of aromatic nitrogens is 1. The van der Waals surface area contributed by atoms with E-state index in [0.29, 0.717) is 30.3 Å². The summed E-state index contributed by atoms with van der Waals surface area (Å²) in [6.07, 6.45) is 1.03. The van der Waals surface area contributed by atoms with E-state index in [2.05, 4.69) is 4.98 Å². The fourth-order valence-electron chi connectivity index (χ4n) is 2.41. The van der Waals surface area contributed by atoms with Gasteiger partial charge in [0.15, 0.2) is 0 Å². The summed E-state index contributed by atoms with van der Waals surface area (Å²) in [5.74, 6) is 0.289. The summed E-state index contributed by atoms with van der Waals surface area (Å²) in [5, 5.41) is 0.435. The highest BCUT2D eigenvalue weighted by Gasteiger charge is 2.36. The number of amides is 1. The van der Waals surface area contributed by atoms with Crippen LogP contribution in [0.5, 0.6) is 0 Å². The second-order valence-electron chi connectivity index (χ2n) is 6.47. The van der Waals surface area contributed by atoms with Gasteiger partial charge >= 0.3 is 6.09 Å². The van der Waals surface area contributed by atoms with E-state index in [0.717, 1.165) is 0 Å². The fourth-order valence-corrected chi connectivity index (χ4v) is 2.57. The van der Waals surface area contributed by atoms with Crippen LogP contribution in [0.25, 0.3) is 0 Å². The molecular formula is C15H23ClN4O3. The number of carbonyl (C=O) groups is 1. The number of hydrogen-bond donors (Lipinski definition) is 2. The van der Waals surface area contributed by atoms with Crippen molar-refractivity contribution in [1.29, 1.82) is 0 Å². The van der Waals surface area contributed by atoms with E-state index in [9.17, 15) is 4.79 Å². The van der Waals surface area contributed by atoms with Crippen molar-refractivity contribution >= 4 is 23.5 Å². The van der Waals surface area contributed by atoms with Crippen molar-refractivity contribution in [2.45, 2.75) is 38.5 Å². The van der Waals surface area contributed by atoms with E-state index in [-0.39, 0.29) is 5.82 Å². The Hall–Kier alpha value is -1.57. The van der Waals surface area contributed by atoms with Crippen LogP contribution in [0.15, 0.2) is 12.3 Å². The van der Waals surface area contributed by atoms with E-state index in [1.165, 1.54) is 6.20 Å². The number of nitrogens with two attached hydrogens (primary N) is 2. The Morgan fingerprint density at radius 3 is 2.91 bits per heavy atom. The lowest BCUT2D eigenvalue weighted by molar-refractivity contribution is -0.0381. The van der Waals surface area contributed by atoms with E-state index in [1.54, 1.807) is 11.0 Å². The SMILES string of the molecule is CC(C)(C)OC(=O)N1CCOCC1C(N)c1cc(Cl)cnc1N. The third kappa shape index (κ3) is 4.46. The Balaban J connectivity index is 2.23. The first-order valence-corrected chi connectivity index (χ1v) is 7.80. The number of rotatable bonds is 2. The molecule has 2 rings (SSSR count). The molecule has 1 aliphatic heterocycles. The number of halogens is 1. The van der Waals surface area contributed by atoms with E-state index in [1.807, 2.05) is 20.8 Å². The number of hydrogen-bond acceptors (Lipinski definition) is 6. The second-order valence-corrected chi connectivity index (χ2v) is 6.91. The zero-order valence-corrected chi connectivity index (χ0v) is 14.3. The van der Waals surface area contributed by atoms with Crippen LogP contribution in [-0.2, 0) is 9.47 Å². The Kier molecular flexibility index (Phi) is 5.33. The lowest BCUT2D eigenvalue weighted by Crippen LogP contribution is -2.54. The second kappa shape index (κ2) is 6.90. The van der Waals surface area contributed by atoms with Crippen molar-refractivity contribution in [3.05, 3.63) is 22.8 Å². The fraction of sp³-hybridized carbons (Fsp3) is 0.600. The first kappa shape index (κ1) is 17.8. The maximum absolute atomic E-state index is 12.4. The molecule has 128 valence electrons. The predicted octanol–water partition coefficient (Wildman–Crippen LogP) is 1.95. The van der Waals surface area contributed by atoms with Crippen molar-refractivity contribution in [2.24, 2.45) is 5.73 Å². The van der Waals surface area contributed by atoms with Gasteiger partial charge in [-0.2, -0.15) is 0 Å². The van der Waals surface area contributed by atoms with Crippen molar-refractivity contribution < 1.29 is 14.3 Å². The number of anilines is 1. The van der Waals surface area contributed by atoms with Crippen LogP contribution in [0.2, 0.25) is 5.02 Å². The summed E-state index contributed by atoms with van der Waals surface area (Å²) in [7, 11) is 0. The molecule has 1 amide bonds. The molecule has 8 heteroatoms. The molecule has 1 aliphatic rings. The molecule has 2 atom stereocenters. The van der Waals surface area contributed by atoms with Gasteiger partial charge in [0, 0.05) is 18.3 Å². The average molecular weight is 343 g/mol. The minimum Gasteiger partial charge on any atom is -0.444 e. The van der Waals surface area contributed by atoms with Crippen molar-refractivity contribution in [2.75, 3.05) is 25.5 Å². The number of pyridine rings is 1. The summed E-state index contributed by atoms with van der Waals surface area (Å²) in [6, 6.07) is 0.686. The summed E-state index contributed by atoms with van der Waals surface area (Å²) >= 11 is 5.98. The predicted molar refractivity (Wildman–Crippen MR) is 88.1 cm³/mol. The maximum atomic E-state index is 12.4. The smallest absolute Gasteiger partial charge is 0.410 e. The van der Waals surface area contributed by atoms with Gasteiger partial charge in [-0.15, -0.1) is 0 Å². The maximum Gasteiger partial charge on any atom is 0.410 e. The van der Waals surface area contributed by atoms with Gasteiger partial charge in [0.2, 0.25) is 0 Å². The van der Waals surface area contributed by atoms with Crippen LogP contribution in [0.4, 0.5) is 10.6 Å². The molecule has 0 saturated carbocycles. The molecule has 2 heterocycles. The van der Waals surface area contributed by atoms with Crippen LogP contribution >= 0.6 is 11.6 Å². The summed E-state index contributed by atoms with van der Waals surface area (Å²) in [6.45, 7) is 6.59. The molecular weight excluding hydrogens is 320 g/mol. The third-order valence-corrected chi connectivity index (χ3v) is 3.69. The van der Waals surface area contributed by atoms with Crippen molar-refractivity contribution in [1.82, 2.24) is 9.88 Å². The molecule has 0 bridgehead atoms. The zero-order chi connectivity index (χ0) is 17.2. The lowest BCUT2D eigenvalue weighted by Gasteiger charge is -2.39. The normalized spacial score (nSPS) is 20.2. The van der Waals surface area contributed by atoms with E-state index < -0.39 is 23.8 Å². The molecule has 23 heavy (non-hydrogen) atoms. The van der Waals surface area contributed by atoms with Gasteiger partial charge in [-0.05, 0) is 26.8 Å². The molecule has 7 nitrogen and oxygen atoms in total. The Morgan fingerprint density at radius 1 is 1.57 bits per heavy atom. The van der Waals surface area contributed by atoms with Gasteiger partial charge in [-0.25, -0.2) is 9.78 Å². The average Bonchev–Trinajstić information content (AvgIpc) is 2.47. The van der Waals surface area contributed by atoms with Gasteiger partial charge in [0.25, 0.3) is 0 Å². The van der Waals surface area contributed by atoms with Gasteiger partial charge in [0.05, 0.1) is 30.3 Å². The first-order chi connectivity index (χ1) is 10.7. The van der Waals surface area contributed by atoms with Crippen LogP contribution in [0, 0.1) is 0 Å². The Labute approximate surface area is 140 Å². The Morgan fingerprint density at radius 2 is 2.26 bits per heavy atom. The van der Waals surface area contributed by atoms with E-state index >= 15 is 0 Å². The topological polar surface area (TPSA) is 104 Å². The van der Waals surface area contributed by atoms with Crippen LogP contribution in [0.3, 0.4) is 0 Å². The number of ether oxygens (including phenoxy) is 2. The van der Waals surface area contributed by atoms with E-state index in [4.69, 9.17) is 32.5 Å². The largest absolute Gasteiger partial charge is 0.444 e. The minimum absolute atomic E-state index is 0.289. The zero-order valence-electron chi connectivity index (χ0n) is 13.6. The summed E-state index contributed by atoms with van der Waals surface area (Å²) in [5.41, 5.74) is 12.2. The third-order valence-electron chi connectivity index (χ3n) is 3.48. The Bertz CT molecular complexity index is 576. The molecule has 1 fully saturated rings. The highest BCUT2D eigenvalue weighted by Crippen LogP contribution is 2.28. The summed E-state index contributed by atoms with van der Waals surface area (Å²) in [4.78, 5) is 18.0. The molecule has 2 unspecified atom stereocenters. The van der Waals surface area contributed by atoms with Gasteiger partial charge in [0.1, 0.15) is 11.4 Å². The molecule has 0 aromatic carbocycles. The van der Waals surface area contributed by atoms with Gasteiger partial charge < -0.3 is 20.9 Å². The van der Waals surface area contributed by atoms with Crippen molar-refractivity contribution in [3.63, 3.8) is 0 Å². The van der Waals surface area contributed by atoms with Crippen LogP contribution in [0.1, 0.15) is 32.4 Å². The molecule has 4 N–H and O–H groups in total. The highest BCUT2D eigenvalue weighted by molar-refractivity contribution is 6.30. The van der Waals surface area contributed by atoms with Gasteiger partial charge in [-0.3, -0.25) is 4.90 Å². The number of morpholine rings is 1. The molecule has 0 radical (unpaired) electrons. The number of carbonyl (C=O) groups excluding carboxylic acids is 1. The van der Waals surface area contributed by atoms with Crippen molar-refractivity contribution in [3.8, 4) is 0 Å². The molecule has 1 aromatic heterocycles. The molecule has 1 saturated heterocycles. The first-order valence-electron chi connectivity index (χ1n) is 7.43. The highest BCUT2D eigenvalue weighted by atomic mass is 35.5. The number of nitrogens with zero attached hydrogens (tertiary/aromatic N) is 2. The number of nitrogen functional groups attached to an aromatic ring is 1. The molecule has 0 aliphatic carbocycles. The lowest BCUT2D eigenvalue weighted by atomic mass is 9.99. The quantitative estimate of drug-likeness (QED) is 0.851. The monoisotopic (exact) mass is 342 g/mol. The summed E-state index contributed by atoms with van der Waals surface area (Å²) < 4.78 is 10.9.